The Morgan fingerprint density at radius 3 is 2.33 bits per heavy atom. The van der Waals surface area contributed by atoms with Crippen molar-refractivity contribution in [2.24, 2.45) is 0 Å². The second-order valence-corrected chi connectivity index (χ2v) is 5.85. The van der Waals surface area contributed by atoms with Gasteiger partial charge in [-0.05, 0) is 18.1 Å². The summed E-state index contributed by atoms with van der Waals surface area (Å²) in [4.78, 5) is 4.52. The van der Waals surface area contributed by atoms with E-state index in [0.29, 0.717) is 15.6 Å². The van der Waals surface area contributed by atoms with E-state index in [1.807, 2.05) is 13.8 Å². The number of aliphatic hydroxyl groups excluding tert-OH is 1. The van der Waals surface area contributed by atoms with Gasteiger partial charge in [-0.15, -0.1) is 0 Å². The van der Waals surface area contributed by atoms with Crippen molar-refractivity contribution in [1.82, 2.24) is 9.55 Å². The van der Waals surface area contributed by atoms with Crippen LogP contribution in [0.4, 0.5) is 13.2 Å². The molecule has 2 rings (SSSR count). The Balaban J connectivity index is 2.48. The van der Waals surface area contributed by atoms with Crippen molar-refractivity contribution >= 4 is 11.8 Å². The lowest BCUT2D eigenvalue weighted by Crippen LogP contribution is -2.02. The fourth-order valence-electron chi connectivity index (χ4n) is 1.93. The van der Waals surface area contributed by atoms with Gasteiger partial charge in [-0.25, -0.2) is 18.2 Å². The van der Waals surface area contributed by atoms with Crippen LogP contribution in [0.15, 0.2) is 28.1 Å². The van der Waals surface area contributed by atoms with E-state index in [-0.39, 0.29) is 11.7 Å². The van der Waals surface area contributed by atoms with E-state index in [9.17, 15) is 18.3 Å². The lowest BCUT2D eigenvalue weighted by Gasteiger charge is -2.09. The highest BCUT2D eigenvalue weighted by Gasteiger charge is 2.20. The highest BCUT2D eigenvalue weighted by atomic mass is 32.2. The Morgan fingerprint density at radius 2 is 1.86 bits per heavy atom. The van der Waals surface area contributed by atoms with Crippen LogP contribution in [0.1, 0.15) is 31.3 Å². The van der Waals surface area contributed by atoms with Crippen molar-refractivity contribution in [2.45, 2.75) is 43.1 Å². The molecular weight excluding hydrogens is 301 g/mol. The minimum atomic E-state index is -0.865. The minimum absolute atomic E-state index is 0.0102. The van der Waals surface area contributed by atoms with Gasteiger partial charge in [0.2, 0.25) is 0 Å². The fraction of sp³-hybridized carbons (Fsp3) is 0.357. The molecule has 0 bridgehead atoms. The van der Waals surface area contributed by atoms with Gasteiger partial charge >= 0.3 is 0 Å². The number of nitrogens with zero attached hydrogens (tertiary/aromatic N) is 2. The third-order valence-corrected chi connectivity index (χ3v) is 3.98. The number of halogens is 3. The molecule has 0 amide bonds. The van der Waals surface area contributed by atoms with Crippen molar-refractivity contribution in [3.8, 4) is 0 Å². The summed E-state index contributed by atoms with van der Waals surface area (Å²) in [7, 11) is 0. The van der Waals surface area contributed by atoms with Crippen LogP contribution in [0.25, 0.3) is 0 Å². The van der Waals surface area contributed by atoms with Crippen molar-refractivity contribution in [2.75, 3.05) is 0 Å². The van der Waals surface area contributed by atoms with Crippen LogP contribution >= 0.6 is 11.8 Å². The zero-order valence-corrected chi connectivity index (χ0v) is 12.4. The Hall–Kier alpha value is -1.47. The molecule has 1 aromatic heterocycles. The number of hydrogen-bond acceptors (Lipinski definition) is 3. The molecule has 114 valence electrons. The highest BCUT2D eigenvalue weighted by molar-refractivity contribution is 7.99. The molecule has 0 unspecified atom stereocenters. The number of benzene rings is 1. The second-order valence-electron chi connectivity index (χ2n) is 4.79. The molecule has 0 atom stereocenters. The number of imidazole rings is 1. The average molecular weight is 316 g/mol. The summed E-state index contributed by atoms with van der Waals surface area (Å²) >= 11 is 1.03. The summed E-state index contributed by atoms with van der Waals surface area (Å²) in [6.07, 6.45) is 0. The molecule has 0 fully saturated rings. The van der Waals surface area contributed by atoms with E-state index in [4.69, 9.17) is 0 Å². The van der Waals surface area contributed by atoms with E-state index < -0.39 is 25.0 Å². The van der Waals surface area contributed by atoms with Crippen LogP contribution in [0.2, 0.25) is 0 Å². The lowest BCUT2D eigenvalue weighted by atomic mass is 10.2. The third-order valence-electron chi connectivity index (χ3n) is 2.88. The molecule has 7 heteroatoms. The topological polar surface area (TPSA) is 38.1 Å². The second kappa shape index (κ2) is 6.53. The van der Waals surface area contributed by atoms with Gasteiger partial charge in [0.05, 0.1) is 5.69 Å². The Morgan fingerprint density at radius 1 is 1.24 bits per heavy atom. The van der Waals surface area contributed by atoms with E-state index in [1.54, 1.807) is 0 Å². The number of rotatable bonds is 5. The predicted octanol–water partition coefficient (Wildman–Crippen LogP) is 3.86. The monoisotopic (exact) mass is 316 g/mol. The maximum atomic E-state index is 13.3. The van der Waals surface area contributed by atoms with Crippen LogP contribution in [0, 0.1) is 11.6 Å². The molecule has 0 radical (unpaired) electrons. The van der Waals surface area contributed by atoms with E-state index in [0.717, 1.165) is 17.8 Å². The third kappa shape index (κ3) is 3.41. The largest absolute Gasteiger partial charge is 0.388 e. The maximum Gasteiger partial charge on any atom is 0.167 e. The maximum absolute atomic E-state index is 13.3. The molecular formula is C14H15F3N2OS. The number of alkyl halides is 1. The standard InChI is InChI=1S/C14H15F3N2OS/c1-8(2)13-14(19(7-15)12(6-20)18-13)21-11-4-9(16)3-10(17)5-11/h3-5,8,20H,6-7H2,1-2H3. The van der Waals surface area contributed by atoms with Gasteiger partial charge in [0.1, 0.15) is 29.1 Å². The SMILES string of the molecule is CC(C)c1nc(CO)n(CF)c1Sc1cc(F)cc(F)c1. The zero-order valence-electron chi connectivity index (χ0n) is 11.6. The molecule has 0 saturated carbocycles. The minimum Gasteiger partial charge on any atom is -0.388 e. The number of aliphatic hydroxyl groups is 1. The van der Waals surface area contributed by atoms with Crippen LogP contribution in [-0.4, -0.2) is 14.7 Å². The lowest BCUT2D eigenvalue weighted by molar-refractivity contribution is 0.249. The molecule has 0 aliphatic rings. The number of hydrogen-bond donors (Lipinski definition) is 1. The van der Waals surface area contributed by atoms with Gasteiger partial charge in [0.25, 0.3) is 0 Å². The van der Waals surface area contributed by atoms with Gasteiger partial charge in [-0.1, -0.05) is 25.6 Å². The Bertz CT molecular complexity index is 623. The normalized spacial score (nSPS) is 11.4. The van der Waals surface area contributed by atoms with E-state index >= 15 is 0 Å². The van der Waals surface area contributed by atoms with E-state index in [2.05, 4.69) is 4.98 Å². The van der Waals surface area contributed by atoms with Crippen molar-refractivity contribution in [3.05, 3.63) is 41.4 Å². The molecule has 1 N–H and O–H groups in total. The van der Waals surface area contributed by atoms with Gasteiger partial charge in [-0.3, -0.25) is 4.57 Å². The quantitative estimate of drug-likeness (QED) is 0.910. The van der Waals surface area contributed by atoms with Gasteiger partial charge in [-0.2, -0.15) is 0 Å². The molecule has 0 spiro atoms. The first-order chi connectivity index (χ1) is 9.96. The predicted molar refractivity (Wildman–Crippen MR) is 73.8 cm³/mol. The summed E-state index contributed by atoms with van der Waals surface area (Å²) < 4.78 is 40.9. The van der Waals surface area contributed by atoms with Crippen molar-refractivity contribution < 1.29 is 18.3 Å². The molecule has 0 saturated heterocycles. The van der Waals surface area contributed by atoms with Crippen LogP contribution < -0.4 is 0 Å². The Kier molecular flexibility index (Phi) is 4.95. The molecule has 21 heavy (non-hydrogen) atoms. The molecule has 1 aromatic carbocycles. The van der Waals surface area contributed by atoms with Gasteiger partial charge in [0.15, 0.2) is 6.80 Å². The van der Waals surface area contributed by atoms with Gasteiger partial charge < -0.3 is 5.11 Å². The molecule has 2 aromatic rings. The molecule has 0 aliphatic heterocycles. The fourth-order valence-corrected chi connectivity index (χ4v) is 3.15. The molecule has 1 heterocycles. The van der Waals surface area contributed by atoms with E-state index in [1.165, 1.54) is 16.7 Å². The smallest absolute Gasteiger partial charge is 0.167 e. The summed E-state index contributed by atoms with van der Waals surface area (Å²) in [6.45, 7) is 2.49. The van der Waals surface area contributed by atoms with Gasteiger partial charge in [0, 0.05) is 11.0 Å². The van der Waals surface area contributed by atoms with Crippen LogP contribution in [0.3, 0.4) is 0 Å². The molecule has 0 aliphatic carbocycles. The van der Waals surface area contributed by atoms with Crippen molar-refractivity contribution in [1.29, 1.82) is 0 Å². The molecule has 3 nitrogen and oxygen atoms in total. The first-order valence-electron chi connectivity index (χ1n) is 6.36. The summed E-state index contributed by atoms with van der Waals surface area (Å²) in [5.41, 5.74) is 0.589. The highest BCUT2D eigenvalue weighted by Crippen LogP contribution is 2.35. The number of aromatic nitrogens is 2. The summed E-state index contributed by atoms with van der Waals surface area (Å²) in [6, 6.07) is 3.12. The summed E-state index contributed by atoms with van der Waals surface area (Å²) in [5, 5.41) is 9.69. The Labute approximate surface area is 124 Å². The van der Waals surface area contributed by atoms with Crippen molar-refractivity contribution in [3.63, 3.8) is 0 Å². The zero-order chi connectivity index (χ0) is 15.6. The van der Waals surface area contributed by atoms with Crippen LogP contribution in [0.5, 0.6) is 0 Å². The first-order valence-corrected chi connectivity index (χ1v) is 7.18. The summed E-state index contributed by atoms with van der Waals surface area (Å²) in [5.74, 6) is -1.21. The average Bonchev–Trinajstić information content (AvgIpc) is 2.75. The van der Waals surface area contributed by atoms with Crippen LogP contribution in [-0.2, 0) is 13.4 Å². The first kappa shape index (κ1) is 15.9.